The van der Waals surface area contributed by atoms with Gasteiger partial charge in [0.2, 0.25) is 5.91 Å². The molecule has 0 bridgehead atoms. The van der Waals surface area contributed by atoms with Gasteiger partial charge >= 0.3 is 0 Å². The summed E-state index contributed by atoms with van der Waals surface area (Å²) < 4.78 is 11.4. The Kier molecular flexibility index (Phi) is 9.97. The maximum atomic E-state index is 13.4. The van der Waals surface area contributed by atoms with Crippen LogP contribution in [-0.4, -0.2) is 72.9 Å². The largest absolute Gasteiger partial charge is 0.491 e. The fourth-order valence-corrected chi connectivity index (χ4v) is 5.12. The summed E-state index contributed by atoms with van der Waals surface area (Å²) in [5.41, 5.74) is 2.45. The van der Waals surface area contributed by atoms with E-state index in [1.165, 1.54) is 16.0 Å². The van der Waals surface area contributed by atoms with E-state index in [-0.39, 0.29) is 31.7 Å². The molecule has 0 spiro atoms. The highest BCUT2D eigenvalue weighted by molar-refractivity contribution is 7.10. The van der Waals surface area contributed by atoms with Crippen molar-refractivity contribution >= 4 is 17.2 Å². The third kappa shape index (κ3) is 7.07. The molecule has 1 aromatic heterocycles. The van der Waals surface area contributed by atoms with Gasteiger partial charge in [0.15, 0.2) is 0 Å². The smallest absolute Gasteiger partial charge is 0.237 e. The predicted molar refractivity (Wildman–Crippen MR) is 136 cm³/mol. The molecule has 0 saturated carbocycles. The van der Waals surface area contributed by atoms with Crippen LogP contribution in [-0.2, 0) is 16.0 Å². The fraction of sp³-hybridized carbons (Fsp3) is 0.519. The van der Waals surface area contributed by atoms with Gasteiger partial charge in [0.25, 0.3) is 0 Å². The summed E-state index contributed by atoms with van der Waals surface area (Å²) in [5.74, 6) is 3.71. The van der Waals surface area contributed by atoms with Gasteiger partial charge in [-0.05, 0) is 53.6 Å². The molecule has 34 heavy (non-hydrogen) atoms. The first-order valence-corrected chi connectivity index (χ1v) is 12.8. The first kappa shape index (κ1) is 26.2. The third-order valence-electron chi connectivity index (χ3n) is 6.14. The van der Waals surface area contributed by atoms with Gasteiger partial charge in [0.05, 0.1) is 25.3 Å². The number of terminal acetylenes is 1. The number of hydrogen-bond donors (Lipinski definition) is 1. The van der Waals surface area contributed by atoms with Gasteiger partial charge in [0.1, 0.15) is 19.0 Å². The summed E-state index contributed by atoms with van der Waals surface area (Å²) in [7, 11) is 0. The zero-order chi connectivity index (χ0) is 24.5. The Morgan fingerprint density at radius 1 is 1.32 bits per heavy atom. The van der Waals surface area contributed by atoms with Gasteiger partial charge in [-0.25, -0.2) is 0 Å². The van der Waals surface area contributed by atoms with Crippen LogP contribution < -0.4 is 4.74 Å². The van der Waals surface area contributed by atoms with Crippen LogP contribution >= 0.6 is 11.3 Å². The van der Waals surface area contributed by atoms with Crippen LogP contribution in [0.2, 0.25) is 0 Å². The molecule has 1 aromatic carbocycles. The Morgan fingerprint density at radius 3 is 2.76 bits per heavy atom. The predicted octanol–water partition coefficient (Wildman–Crippen LogP) is 3.71. The molecular weight excluding hydrogens is 448 g/mol. The molecule has 184 valence electrons. The highest BCUT2D eigenvalue weighted by Crippen LogP contribution is 2.34. The lowest BCUT2D eigenvalue weighted by Crippen LogP contribution is -2.48. The Hall–Kier alpha value is -2.37. The standard InChI is InChI=1S/C27H36N2O4S/c1-5-14-32-18-22(30)16-28(6-2)17-27(31)29-13-11-26-24(12-15-34-26)25(29)19-33-23-9-7-21(8-10-23)20(3)4/h1,7-10,12,15,20,22,25,30H,6,11,13-14,16-19H2,2-4H3/t22-,25-/m0/s1. The van der Waals surface area contributed by atoms with Gasteiger partial charge < -0.3 is 19.5 Å². The van der Waals surface area contributed by atoms with Crippen molar-refractivity contribution in [2.24, 2.45) is 0 Å². The number of hydrogen-bond acceptors (Lipinski definition) is 6. The molecule has 7 heteroatoms. The van der Waals surface area contributed by atoms with Gasteiger partial charge in [0, 0.05) is 18.0 Å². The number of thiophene rings is 1. The second-order valence-corrected chi connectivity index (χ2v) is 9.89. The first-order valence-electron chi connectivity index (χ1n) is 11.9. The molecule has 0 saturated heterocycles. The molecule has 0 radical (unpaired) electrons. The van der Waals surface area contributed by atoms with Crippen LogP contribution in [0.4, 0.5) is 0 Å². The van der Waals surface area contributed by atoms with Crippen molar-refractivity contribution in [3.8, 4) is 18.1 Å². The highest BCUT2D eigenvalue weighted by Gasteiger charge is 2.33. The average molecular weight is 485 g/mol. The topological polar surface area (TPSA) is 62.2 Å². The first-order chi connectivity index (χ1) is 16.4. The number of carbonyl (C=O) groups excluding carboxylic acids is 1. The van der Waals surface area contributed by atoms with E-state index in [4.69, 9.17) is 15.9 Å². The molecule has 6 nitrogen and oxygen atoms in total. The minimum absolute atomic E-state index is 0.0409. The van der Waals surface area contributed by atoms with E-state index in [1.54, 1.807) is 11.3 Å². The SMILES string of the molecule is C#CCOC[C@@H](O)CN(CC)CC(=O)N1CCc2sccc2[C@@H]1COc1ccc(C(C)C)cc1. The number of aliphatic hydroxyl groups excluding tert-OH is 1. The Morgan fingerprint density at radius 2 is 2.09 bits per heavy atom. The van der Waals surface area contributed by atoms with Crippen LogP contribution in [0.5, 0.6) is 5.75 Å². The van der Waals surface area contributed by atoms with Gasteiger partial charge in [-0.2, -0.15) is 0 Å². The van der Waals surface area contributed by atoms with E-state index in [0.29, 0.717) is 32.2 Å². The van der Waals surface area contributed by atoms with Crippen LogP contribution in [0.3, 0.4) is 0 Å². The van der Waals surface area contributed by atoms with Gasteiger partial charge in [-0.3, -0.25) is 9.69 Å². The molecule has 0 aliphatic carbocycles. The van der Waals surface area contributed by atoms with E-state index >= 15 is 0 Å². The van der Waals surface area contributed by atoms with Crippen molar-refractivity contribution in [2.45, 2.75) is 45.3 Å². The molecule has 2 heterocycles. The van der Waals surface area contributed by atoms with Crippen molar-refractivity contribution < 1.29 is 19.4 Å². The number of nitrogens with zero attached hydrogens (tertiary/aromatic N) is 2. The summed E-state index contributed by atoms with van der Waals surface area (Å²) in [4.78, 5) is 18.6. The van der Waals surface area contributed by atoms with Gasteiger partial charge in [-0.1, -0.05) is 38.8 Å². The molecule has 1 N–H and O–H groups in total. The van der Waals surface area contributed by atoms with Crippen molar-refractivity contribution in [1.82, 2.24) is 9.80 Å². The molecule has 3 rings (SSSR count). The summed E-state index contributed by atoms with van der Waals surface area (Å²) in [6.45, 7) is 8.96. The van der Waals surface area contributed by atoms with Crippen LogP contribution in [0.25, 0.3) is 0 Å². The van der Waals surface area contributed by atoms with Crippen LogP contribution in [0.15, 0.2) is 35.7 Å². The normalized spacial score (nSPS) is 16.4. The van der Waals surface area contributed by atoms with E-state index in [2.05, 4.69) is 43.3 Å². The third-order valence-corrected chi connectivity index (χ3v) is 7.14. The number of rotatable bonds is 12. The maximum absolute atomic E-state index is 13.4. The fourth-order valence-electron chi connectivity index (χ4n) is 4.19. The number of fused-ring (bicyclic) bond motifs is 1. The maximum Gasteiger partial charge on any atom is 0.237 e. The van der Waals surface area contributed by atoms with Crippen molar-refractivity contribution in [3.05, 3.63) is 51.7 Å². The molecule has 1 aliphatic heterocycles. The van der Waals surface area contributed by atoms with Crippen LogP contribution in [0, 0.1) is 12.3 Å². The number of carbonyl (C=O) groups is 1. The quantitative estimate of drug-likeness (QED) is 0.368. The lowest BCUT2D eigenvalue weighted by atomic mass is 10.00. The summed E-state index contributed by atoms with van der Waals surface area (Å²) in [6.07, 6.45) is 5.34. The monoisotopic (exact) mass is 484 g/mol. The lowest BCUT2D eigenvalue weighted by Gasteiger charge is -2.37. The summed E-state index contributed by atoms with van der Waals surface area (Å²) in [6, 6.07) is 10.2. The van der Waals surface area contributed by atoms with Crippen molar-refractivity contribution in [1.29, 1.82) is 0 Å². The highest BCUT2D eigenvalue weighted by atomic mass is 32.1. The second kappa shape index (κ2) is 12.9. The molecule has 2 atom stereocenters. The Bertz CT molecular complexity index is 950. The molecule has 1 aliphatic rings. The molecule has 0 unspecified atom stereocenters. The number of ether oxygens (including phenoxy) is 2. The molecular formula is C27H36N2O4S. The molecule has 0 fully saturated rings. The lowest BCUT2D eigenvalue weighted by molar-refractivity contribution is -0.136. The minimum atomic E-state index is -0.695. The zero-order valence-corrected chi connectivity index (χ0v) is 21.2. The number of benzene rings is 1. The summed E-state index contributed by atoms with van der Waals surface area (Å²) in [5, 5.41) is 12.3. The number of aliphatic hydroxyl groups is 1. The van der Waals surface area contributed by atoms with Crippen molar-refractivity contribution in [2.75, 3.05) is 46.0 Å². The Balaban J connectivity index is 1.65. The van der Waals surface area contributed by atoms with E-state index in [1.807, 2.05) is 28.9 Å². The average Bonchev–Trinajstić information content (AvgIpc) is 3.31. The minimum Gasteiger partial charge on any atom is -0.491 e. The molecule has 2 aromatic rings. The number of likely N-dealkylation sites (N-methyl/N-ethyl adjacent to an activating group) is 1. The second-order valence-electron chi connectivity index (χ2n) is 8.89. The van der Waals surface area contributed by atoms with E-state index < -0.39 is 6.10 Å². The van der Waals surface area contributed by atoms with E-state index in [9.17, 15) is 9.90 Å². The van der Waals surface area contributed by atoms with Gasteiger partial charge in [-0.15, -0.1) is 17.8 Å². The van der Waals surface area contributed by atoms with E-state index in [0.717, 1.165) is 12.2 Å². The number of amides is 1. The van der Waals surface area contributed by atoms with Crippen LogP contribution in [0.1, 0.15) is 48.7 Å². The van der Waals surface area contributed by atoms with Crippen molar-refractivity contribution in [3.63, 3.8) is 0 Å². The Labute approximate surface area is 207 Å². The molecule has 1 amide bonds. The zero-order valence-electron chi connectivity index (χ0n) is 20.4. The summed E-state index contributed by atoms with van der Waals surface area (Å²) >= 11 is 1.74.